The largest absolute Gasteiger partial charge is 0.347 e. The molecule has 0 saturated heterocycles. The molecule has 0 aliphatic rings. The van der Waals surface area contributed by atoms with Crippen molar-refractivity contribution in [1.82, 2.24) is 5.32 Å². The summed E-state index contributed by atoms with van der Waals surface area (Å²) in [5.41, 5.74) is 1.53. The van der Waals surface area contributed by atoms with Gasteiger partial charge < -0.3 is 10.6 Å². The summed E-state index contributed by atoms with van der Waals surface area (Å²) in [5.74, 6) is -2.00. The highest BCUT2D eigenvalue weighted by Gasteiger charge is 2.10. The van der Waals surface area contributed by atoms with Gasteiger partial charge in [0.25, 0.3) is 0 Å². The van der Waals surface area contributed by atoms with Gasteiger partial charge in [-0.25, -0.2) is 8.78 Å². The molecular weight excluding hydrogens is 350 g/mol. The van der Waals surface area contributed by atoms with E-state index in [1.165, 1.54) is 0 Å². The molecule has 0 radical (unpaired) electrons. The van der Waals surface area contributed by atoms with E-state index in [9.17, 15) is 18.4 Å². The SMILES string of the molecule is Cc1ccc(NC(=O)CNC(=O)CCc2cc(F)ccc2F)c(Cl)c1. The first-order valence-electron chi connectivity index (χ1n) is 7.62. The third-order valence-corrected chi connectivity index (χ3v) is 3.79. The van der Waals surface area contributed by atoms with Gasteiger partial charge in [-0.3, -0.25) is 9.59 Å². The van der Waals surface area contributed by atoms with Gasteiger partial charge in [0.1, 0.15) is 11.6 Å². The van der Waals surface area contributed by atoms with Gasteiger partial charge in [0, 0.05) is 6.42 Å². The standard InChI is InChI=1S/C18H17ClF2N2O2/c1-11-2-6-16(14(19)8-11)23-18(25)10-22-17(24)7-3-12-9-13(20)4-5-15(12)21/h2,4-6,8-9H,3,7,10H2,1H3,(H,22,24)(H,23,25). The minimum absolute atomic E-state index is 0.0425. The number of carbonyl (C=O) groups is 2. The van der Waals surface area contributed by atoms with Gasteiger partial charge >= 0.3 is 0 Å². The molecule has 0 unspecified atom stereocenters. The van der Waals surface area contributed by atoms with Gasteiger partial charge in [0.15, 0.2) is 0 Å². The summed E-state index contributed by atoms with van der Waals surface area (Å²) in [4.78, 5) is 23.6. The predicted molar refractivity (Wildman–Crippen MR) is 92.5 cm³/mol. The van der Waals surface area contributed by atoms with Crippen molar-refractivity contribution in [3.8, 4) is 0 Å². The molecule has 0 aliphatic heterocycles. The highest BCUT2D eigenvalue weighted by molar-refractivity contribution is 6.33. The fourth-order valence-corrected chi connectivity index (χ4v) is 2.45. The molecule has 0 saturated carbocycles. The Morgan fingerprint density at radius 3 is 2.56 bits per heavy atom. The lowest BCUT2D eigenvalue weighted by molar-refractivity contribution is -0.124. The summed E-state index contributed by atoms with van der Waals surface area (Å²) < 4.78 is 26.5. The van der Waals surface area contributed by atoms with Gasteiger partial charge in [0.2, 0.25) is 11.8 Å². The monoisotopic (exact) mass is 366 g/mol. The third-order valence-electron chi connectivity index (χ3n) is 3.47. The molecule has 7 heteroatoms. The zero-order valence-corrected chi connectivity index (χ0v) is 14.3. The minimum atomic E-state index is -0.569. The third kappa shape index (κ3) is 5.83. The molecule has 2 aromatic carbocycles. The number of amides is 2. The highest BCUT2D eigenvalue weighted by Crippen LogP contribution is 2.22. The van der Waals surface area contributed by atoms with Crippen LogP contribution in [-0.2, 0) is 16.0 Å². The van der Waals surface area contributed by atoms with E-state index in [1.807, 2.05) is 6.92 Å². The van der Waals surface area contributed by atoms with Crippen LogP contribution in [0.25, 0.3) is 0 Å². The van der Waals surface area contributed by atoms with Crippen molar-refractivity contribution >= 4 is 29.1 Å². The van der Waals surface area contributed by atoms with Crippen molar-refractivity contribution in [2.24, 2.45) is 0 Å². The van der Waals surface area contributed by atoms with Gasteiger partial charge in [0.05, 0.1) is 17.3 Å². The average molecular weight is 367 g/mol. The Morgan fingerprint density at radius 1 is 1.08 bits per heavy atom. The molecular formula is C18H17ClF2N2O2. The normalized spacial score (nSPS) is 10.4. The van der Waals surface area contributed by atoms with Crippen LogP contribution < -0.4 is 10.6 Å². The Bertz CT molecular complexity index is 797. The summed E-state index contributed by atoms with van der Waals surface area (Å²) >= 11 is 6.01. The Balaban J connectivity index is 1.79. The lowest BCUT2D eigenvalue weighted by atomic mass is 10.1. The van der Waals surface area contributed by atoms with E-state index in [2.05, 4.69) is 10.6 Å². The Kier molecular flexibility index (Phi) is 6.47. The van der Waals surface area contributed by atoms with Crippen LogP contribution >= 0.6 is 11.6 Å². The van der Waals surface area contributed by atoms with E-state index < -0.39 is 23.4 Å². The second-order valence-electron chi connectivity index (χ2n) is 5.54. The average Bonchev–Trinajstić information content (AvgIpc) is 2.56. The zero-order chi connectivity index (χ0) is 18.4. The fraction of sp³-hybridized carbons (Fsp3) is 0.222. The van der Waals surface area contributed by atoms with Crippen LogP contribution in [0.5, 0.6) is 0 Å². The number of rotatable bonds is 6. The molecule has 25 heavy (non-hydrogen) atoms. The predicted octanol–water partition coefficient (Wildman–Crippen LogP) is 3.61. The van der Waals surface area contributed by atoms with Crippen molar-refractivity contribution < 1.29 is 18.4 Å². The first kappa shape index (κ1) is 18.9. The van der Waals surface area contributed by atoms with Crippen molar-refractivity contribution in [3.63, 3.8) is 0 Å². The van der Waals surface area contributed by atoms with Crippen LogP contribution in [0.2, 0.25) is 5.02 Å². The molecule has 2 N–H and O–H groups in total. The Morgan fingerprint density at radius 2 is 1.84 bits per heavy atom. The van der Waals surface area contributed by atoms with Crippen molar-refractivity contribution in [3.05, 3.63) is 64.2 Å². The number of nitrogens with one attached hydrogen (secondary N) is 2. The number of hydrogen-bond acceptors (Lipinski definition) is 2. The second-order valence-corrected chi connectivity index (χ2v) is 5.95. The van der Waals surface area contributed by atoms with E-state index in [-0.39, 0.29) is 24.9 Å². The molecule has 0 aromatic heterocycles. The summed E-state index contributed by atoms with van der Waals surface area (Å²) in [6, 6.07) is 8.26. The Hall–Kier alpha value is -2.47. The zero-order valence-electron chi connectivity index (χ0n) is 13.5. The van der Waals surface area contributed by atoms with E-state index in [4.69, 9.17) is 11.6 Å². The molecule has 4 nitrogen and oxygen atoms in total. The van der Waals surface area contributed by atoms with Crippen LogP contribution in [0.1, 0.15) is 17.5 Å². The molecule has 2 amide bonds. The number of hydrogen-bond donors (Lipinski definition) is 2. The first-order chi connectivity index (χ1) is 11.8. The molecule has 2 aromatic rings. The molecule has 0 atom stereocenters. The maximum absolute atomic E-state index is 13.5. The van der Waals surface area contributed by atoms with Crippen molar-refractivity contribution in [1.29, 1.82) is 0 Å². The quantitative estimate of drug-likeness (QED) is 0.820. The molecule has 0 bridgehead atoms. The number of aryl methyl sites for hydroxylation is 2. The molecule has 132 valence electrons. The smallest absolute Gasteiger partial charge is 0.243 e. The number of anilines is 1. The van der Waals surface area contributed by atoms with E-state index in [0.29, 0.717) is 10.7 Å². The van der Waals surface area contributed by atoms with Crippen LogP contribution in [0.3, 0.4) is 0 Å². The molecule has 0 fully saturated rings. The lowest BCUT2D eigenvalue weighted by Crippen LogP contribution is -2.33. The van der Waals surface area contributed by atoms with Gasteiger partial charge in [-0.05, 0) is 54.8 Å². The number of benzene rings is 2. The number of carbonyl (C=O) groups excluding carboxylic acids is 2. The van der Waals surface area contributed by atoms with Gasteiger partial charge in [-0.1, -0.05) is 17.7 Å². The Labute approximate surface area is 149 Å². The van der Waals surface area contributed by atoms with Crippen LogP contribution in [0, 0.1) is 18.6 Å². The van der Waals surface area contributed by atoms with E-state index in [1.54, 1.807) is 18.2 Å². The summed E-state index contributed by atoms with van der Waals surface area (Å²) in [5, 5.41) is 5.42. The maximum Gasteiger partial charge on any atom is 0.243 e. The van der Waals surface area contributed by atoms with E-state index >= 15 is 0 Å². The van der Waals surface area contributed by atoms with Crippen LogP contribution in [0.15, 0.2) is 36.4 Å². The van der Waals surface area contributed by atoms with E-state index in [0.717, 1.165) is 23.8 Å². The first-order valence-corrected chi connectivity index (χ1v) is 7.99. The van der Waals surface area contributed by atoms with Crippen LogP contribution in [0.4, 0.5) is 14.5 Å². The molecule has 0 heterocycles. The topological polar surface area (TPSA) is 58.2 Å². The highest BCUT2D eigenvalue weighted by atomic mass is 35.5. The molecule has 0 aliphatic carbocycles. The molecule has 2 rings (SSSR count). The van der Waals surface area contributed by atoms with Crippen molar-refractivity contribution in [2.75, 3.05) is 11.9 Å². The summed E-state index contributed by atoms with van der Waals surface area (Å²) in [6.07, 6.45) is -0.0141. The minimum Gasteiger partial charge on any atom is -0.347 e. The summed E-state index contributed by atoms with van der Waals surface area (Å²) in [7, 11) is 0. The maximum atomic E-state index is 13.5. The molecule has 0 spiro atoms. The second kappa shape index (κ2) is 8.58. The van der Waals surface area contributed by atoms with Gasteiger partial charge in [-0.15, -0.1) is 0 Å². The number of halogens is 3. The lowest BCUT2D eigenvalue weighted by Gasteiger charge is -2.09. The van der Waals surface area contributed by atoms with Gasteiger partial charge in [-0.2, -0.15) is 0 Å². The fourth-order valence-electron chi connectivity index (χ4n) is 2.17. The van der Waals surface area contributed by atoms with Crippen LogP contribution in [-0.4, -0.2) is 18.4 Å². The van der Waals surface area contributed by atoms with Crippen molar-refractivity contribution in [2.45, 2.75) is 19.8 Å². The summed E-state index contributed by atoms with van der Waals surface area (Å²) in [6.45, 7) is 1.63.